The van der Waals surface area contributed by atoms with E-state index >= 15 is 0 Å². The van der Waals surface area contributed by atoms with Crippen LogP contribution < -0.4 is 5.43 Å². The van der Waals surface area contributed by atoms with E-state index < -0.39 is 0 Å². The highest BCUT2D eigenvalue weighted by molar-refractivity contribution is 8.12. The van der Waals surface area contributed by atoms with Crippen molar-refractivity contribution in [2.45, 2.75) is 0 Å². The molecular formula is C5H8N2OS. The van der Waals surface area contributed by atoms with Crippen LogP contribution in [0.3, 0.4) is 0 Å². The first-order chi connectivity index (χ1) is 4.24. The first-order valence-electron chi connectivity index (χ1n) is 2.49. The van der Waals surface area contributed by atoms with Crippen LogP contribution in [0, 0.1) is 0 Å². The molecule has 50 valence electrons. The van der Waals surface area contributed by atoms with Crippen molar-refractivity contribution < 1.29 is 4.79 Å². The van der Waals surface area contributed by atoms with Crippen molar-refractivity contribution in [2.24, 2.45) is 0 Å². The topological polar surface area (TPSA) is 32.3 Å². The van der Waals surface area contributed by atoms with Crippen molar-refractivity contribution in [3.8, 4) is 0 Å². The molecule has 4 heteroatoms. The molecule has 9 heavy (non-hydrogen) atoms. The van der Waals surface area contributed by atoms with Gasteiger partial charge in [-0.15, -0.1) is 0 Å². The summed E-state index contributed by atoms with van der Waals surface area (Å²) in [7, 11) is 1.94. The number of carbonyl (C=O) groups excluding carboxylic acids is 1. The van der Waals surface area contributed by atoms with Crippen LogP contribution >= 0.6 is 10.7 Å². The van der Waals surface area contributed by atoms with E-state index in [1.807, 2.05) is 23.1 Å². The van der Waals surface area contributed by atoms with Crippen LogP contribution in [0.4, 0.5) is 0 Å². The number of nitrogens with one attached hydrogen (secondary N) is 1. The fourth-order valence-corrected chi connectivity index (χ4v) is 1.41. The van der Waals surface area contributed by atoms with Gasteiger partial charge in [0, 0.05) is 12.4 Å². The average Bonchev–Trinajstić information content (AvgIpc) is 2.13. The predicted octanol–water partition coefficient (Wildman–Crippen LogP) is -0.232. The molecule has 1 N–H and O–H groups in total. The van der Waals surface area contributed by atoms with Gasteiger partial charge in [0.15, 0.2) is 5.94 Å². The van der Waals surface area contributed by atoms with Gasteiger partial charge < -0.3 is 0 Å². The van der Waals surface area contributed by atoms with Gasteiger partial charge in [0.2, 0.25) is 0 Å². The van der Waals surface area contributed by atoms with Crippen LogP contribution in [-0.4, -0.2) is 29.0 Å². The standard InChI is InChI=1S/C5H8N2OS/c1-7-6-5(3-8)4-9(7)2/h4,6H,1-2H3. The third-order valence-corrected chi connectivity index (χ3v) is 2.64. The highest BCUT2D eigenvalue weighted by Crippen LogP contribution is 2.15. The Morgan fingerprint density at radius 3 is 2.78 bits per heavy atom. The average molecular weight is 144 g/mol. The molecule has 1 atom stereocenters. The molecule has 0 radical (unpaired) electrons. The second-order valence-corrected chi connectivity index (χ2v) is 3.60. The third kappa shape index (κ3) is 1.21. The highest BCUT2D eigenvalue weighted by atomic mass is 32.2. The maximum absolute atomic E-state index is 10.0. The lowest BCUT2D eigenvalue weighted by atomic mass is 10.6. The molecule has 1 aliphatic heterocycles. The number of hydrazine groups is 1. The van der Waals surface area contributed by atoms with Crippen LogP contribution in [0.1, 0.15) is 0 Å². The van der Waals surface area contributed by atoms with E-state index in [4.69, 9.17) is 0 Å². The van der Waals surface area contributed by atoms with Gasteiger partial charge in [-0.3, -0.25) is 5.43 Å². The zero-order valence-corrected chi connectivity index (χ0v) is 6.16. The molecule has 0 aromatic heterocycles. The molecule has 0 fully saturated rings. The molecule has 1 heterocycles. The lowest BCUT2D eigenvalue weighted by Crippen LogP contribution is -2.22. The Labute approximate surface area is 56.4 Å². The van der Waals surface area contributed by atoms with Crippen molar-refractivity contribution >= 4 is 22.0 Å². The number of allylic oxidation sites excluding steroid dienone is 1. The van der Waals surface area contributed by atoms with Crippen LogP contribution in [0.5, 0.6) is 0 Å². The monoisotopic (exact) mass is 144 g/mol. The molecule has 0 aromatic carbocycles. The van der Waals surface area contributed by atoms with E-state index in [-0.39, 0.29) is 10.7 Å². The van der Waals surface area contributed by atoms with Gasteiger partial charge in [0.05, 0.1) is 0 Å². The van der Waals surface area contributed by atoms with Gasteiger partial charge in [-0.1, -0.05) is 10.7 Å². The minimum Gasteiger partial charge on any atom is -0.300 e. The van der Waals surface area contributed by atoms with E-state index in [1.165, 1.54) is 0 Å². The maximum atomic E-state index is 10.0. The molecule has 0 bridgehead atoms. The third-order valence-electron chi connectivity index (χ3n) is 1.11. The second-order valence-electron chi connectivity index (χ2n) is 1.77. The Kier molecular flexibility index (Phi) is 1.71. The van der Waals surface area contributed by atoms with Crippen LogP contribution in [0.25, 0.3) is 0 Å². The number of hydrogen-bond donors (Lipinski definition) is 1. The fourth-order valence-electron chi connectivity index (χ4n) is 0.564. The molecule has 1 rings (SSSR count). The van der Waals surface area contributed by atoms with Crippen molar-refractivity contribution in [3.63, 3.8) is 0 Å². The molecule has 1 unspecified atom stereocenters. The Morgan fingerprint density at radius 1 is 1.89 bits per heavy atom. The summed E-state index contributed by atoms with van der Waals surface area (Å²) in [5.74, 6) is 1.79. The molecule has 0 spiro atoms. The summed E-state index contributed by atoms with van der Waals surface area (Å²) in [5.41, 5.74) is 3.38. The minimum absolute atomic E-state index is 0.0501. The van der Waals surface area contributed by atoms with Crippen LogP contribution in [0.2, 0.25) is 0 Å². The largest absolute Gasteiger partial charge is 0.300 e. The van der Waals surface area contributed by atoms with Gasteiger partial charge in [-0.05, 0) is 6.26 Å². The lowest BCUT2D eigenvalue weighted by Gasteiger charge is -2.09. The SMILES string of the molecule is CN1NC(=C=O)C=S1C. The van der Waals surface area contributed by atoms with Gasteiger partial charge in [0.25, 0.3) is 0 Å². The Bertz CT molecular complexity index is 205. The quantitative estimate of drug-likeness (QED) is 0.289. The smallest absolute Gasteiger partial charge is 0.152 e. The van der Waals surface area contributed by atoms with Crippen molar-refractivity contribution in [1.82, 2.24) is 9.84 Å². The number of nitrogens with zero attached hydrogens (tertiary/aromatic N) is 1. The predicted molar refractivity (Wildman–Crippen MR) is 39.7 cm³/mol. The van der Waals surface area contributed by atoms with E-state index in [9.17, 15) is 4.79 Å². The first kappa shape index (κ1) is 6.55. The Hall–Kier alpha value is -0.570. The molecule has 0 amide bonds. The van der Waals surface area contributed by atoms with Gasteiger partial charge in [-0.25, -0.2) is 4.79 Å². The minimum atomic E-state index is 0.0501. The highest BCUT2D eigenvalue weighted by Gasteiger charge is 2.08. The van der Waals surface area contributed by atoms with Gasteiger partial charge >= 0.3 is 0 Å². The van der Waals surface area contributed by atoms with Crippen molar-refractivity contribution in [2.75, 3.05) is 13.3 Å². The summed E-state index contributed by atoms with van der Waals surface area (Å²) in [6.45, 7) is 0. The number of hydrogen-bond acceptors (Lipinski definition) is 3. The van der Waals surface area contributed by atoms with Crippen LogP contribution in [-0.2, 0) is 4.79 Å². The molecule has 0 aliphatic carbocycles. The summed E-state index contributed by atoms with van der Waals surface area (Å²) in [6, 6.07) is 0. The summed E-state index contributed by atoms with van der Waals surface area (Å²) in [6.07, 6.45) is 2.03. The maximum Gasteiger partial charge on any atom is 0.152 e. The summed E-state index contributed by atoms with van der Waals surface area (Å²) >= 11 is 0. The second kappa shape index (κ2) is 2.35. The van der Waals surface area contributed by atoms with E-state index in [1.54, 1.807) is 5.94 Å². The molecule has 0 saturated carbocycles. The molecular weight excluding hydrogens is 136 g/mol. The normalized spacial score (nSPS) is 26.9. The van der Waals surface area contributed by atoms with E-state index in [2.05, 4.69) is 5.43 Å². The van der Waals surface area contributed by atoms with Crippen molar-refractivity contribution in [1.29, 1.82) is 0 Å². The first-order valence-corrected chi connectivity index (χ1v) is 4.14. The molecule has 1 aliphatic rings. The zero-order chi connectivity index (χ0) is 6.85. The van der Waals surface area contributed by atoms with Crippen LogP contribution in [0.15, 0.2) is 5.70 Å². The summed E-state index contributed by atoms with van der Waals surface area (Å²) in [5, 5.41) is 1.85. The molecule has 3 nitrogen and oxygen atoms in total. The zero-order valence-electron chi connectivity index (χ0n) is 5.34. The Balaban J connectivity index is 2.86. The fraction of sp³-hybridized carbons (Fsp3) is 0.400. The molecule has 0 aromatic rings. The van der Waals surface area contributed by atoms with Crippen molar-refractivity contribution in [3.05, 3.63) is 5.70 Å². The lowest BCUT2D eigenvalue weighted by molar-refractivity contribution is 0.487. The Morgan fingerprint density at radius 2 is 2.56 bits per heavy atom. The van der Waals surface area contributed by atoms with E-state index in [0.717, 1.165) is 0 Å². The summed E-state index contributed by atoms with van der Waals surface area (Å²) in [4.78, 5) is 10.0. The summed E-state index contributed by atoms with van der Waals surface area (Å²) < 4.78 is 1.88. The molecule has 0 saturated heterocycles. The van der Waals surface area contributed by atoms with Gasteiger partial charge in [-0.2, -0.15) is 4.41 Å². The number of rotatable bonds is 0. The van der Waals surface area contributed by atoms with Gasteiger partial charge in [0.1, 0.15) is 5.70 Å². The van der Waals surface area contributed by atoms with E-state index in [0.29, 0.717) is 5.70 Å².